The molecule has 1 saturated heterocycles. The summed E-state index contributed by atoms with van der Waals surface area (Å²) in [4.78, 5) is 22.6. The molecule has 1 amide bonds. The Morgan fingerprint density at radius 1 is 1.67 bits per heavy atom. The predicted molar refractivity (Wildman–Crippen MR) is 39.8 cm³/mol. The summed E-state index contributed by atoms with van der Waals surface area (Å²) in [5.74, 6) is -0.964. The van der Waals surface area contributed by atoms with Crippen molar-refractivity contribution in [3.8, 4) is 0 Å². The number of amides is 1. The molecule has 1 rings (SSSR count). The van der Waals surface area contributed by atoms with Crippen LogP contribution in [-0.2, 0) is 9.53 Å². The van der Waals surface area contributed by atoms with Crippen LogP contribution in [0.25, 0.3) is 0 Å². The first-order valence-electron chi connectivity index (χ1n) is 3.83. The van der Waals surface area contributed by atoms with Gasteiger partial charge in [-0.3, -0.25) is 4.90 Å². The van der Waals surface area contributed by atoms with Crippen LogP contribution in [-0.4, -0.2) is 41.3 Å². The quantitative estimate of drug-likeness (QED) is 0.652. The first kappa shape index (κ1) is 8.83. The summed E-state index contributed by atoms with van der Waals surface area (Å²) in [5, 5.41) is 8.57. The minimum atomic E-state index is -0.964. The number of carboxylic acids is 1. The van der Waals surface area contributed by atoms with Crippen LogP contribution in [0, 0.1) is 0 Å². The van der Waals surface area contributed by atoms with E-state index in [0.29, 0.717) is 13.0 Å². The molecule has 0 bridgehead atoms. The van der Waals surface area contributed by atoms with Gasteiger partial charge in [-0.15, -0.1) is 0 Å². The maximum atomic E-state index is 11.0. The highest BCUT2D eigenvalue weighted by molar-refractivity contribution is 5.81. The van der Waals surface area contributed by atoms with Gasteiger partial charge in [0.1, 0.15) is 6.04 Å². The Morgan fingerprint density at radius 3 is 2.67 bits per heavy atom. The van der Waals surface area contributed by atoms with E-state index in [1.165, 1.54) is 4.90 Å². The third-order valence-electron chi connectivity index (χ3n) is 1.81. The standard InChI is InChI=1S/C7H11NO4/c1-2-12-7(11)8-4-3-5(8)6(9)10/h5H,2-4H2,1H3,(H,9,10)/t5-/m0/s1. The number of hydrogen-bond acceptors (Lipinski definition) is 3. The van der Waals surface area contributed by atoms with Gasteiger partial charge in [0.2, 0.25) is 0 Å². The zero-order valence-corrected chi connectivity index (χ0v) is 6.82. The zero-order chi connectivity index (χ0) is 9.14. The second-order valence-corrected chi connectivity index (χ2v) is 2.54. The monoisotopic (exact) mass is 173 g/mol. The smallest absolute Gasteiger partial charge is 0.410 e. The molecule has 0 aliphatic carbocycles. The minimum absolute atomic E-state index is 0.279. The van der Waals surface area contributed by atoms with E-state index < -0.39 is 18.1 Å². The van der Waals surface area contributed by atoms with Crippen molar-refractivity contribution in [3.05, 3.63) is 0 Å². The van der Waals surface area contributed by atoms with Crippen LogP contribution in [0.3, 0.4) is 0 Å². The molecule has 0 aromatic heterocycles. The summed E-state index contributed by atoms with van der Waals surface area (Å²) >= 11 is 0. The molecular formula is C7H11NO4. The number of carboxylic acid groups (broad SMARTS) is 1. The molecular weight excluding hydrogens is 162 g/mol. The maximum absolute atomic E-state index is 11.0. The Kier molecular flexibility index (Phi) is 2.52. The van der Waals surface area contributed by atoms with Gasteiger partial charge in [-0.1, -0.05) is 0 Å². The third kappa shape index (κ3) is 1.49. The number of rotatable bonds is 2. The minimum Gasteiger partial charge on any atom is -0.480 e. The van der Waals surface area contributed by atoms with Crippen molar-refractivity contribution in [2.75, 3.05) is 13.2 Å². The molecule has 1 aliphatic rings. The predicted octanol–water partition coefficient (Wildman–Crippen LogP) is 0.302. The molecule has 12 heavy (non-hydrogen) atoms. The van der Waals surface area contributed by atoms with Crippen LogP contribution < -0.4 is 0 Å². The maximum Gasteiger partial charge on any atom is 0.410 e. The molecule has 1 N–H and O–H groups in total. The largest absolute Gasteiger partial charge is 0.480 e. The van der Waals surface area contributed by atoms with E-state index in [2.05, 4.69) is 4.74 Å². The third-order valence-corrected chi connectivity index (χ3v) is 1.81. The Balaban J connectivity index is 2.43. The summed E-state index contributed by atoms with van der Waals surface area (Å²) in [6.07, 6.45) is -0.00937. The SMILES string of the molecule is CCOC(=O)N1CC[C@H]1C(=O)O. The molecule has 0 spiro atoms. The lowest BCUT2D eigenvalue weighted by molar-refractivity contribution is -0.146. The Bertz CT molecular complexity index is 204. The Labute approximate surface area is 69.9 Å². The second-order valence-electron chi connectivity index (χ2n) is 2.54. The Morgan fingerprint density at radius 2 is 2.33 bits per heavy atom. The highest BCUT2D eigenvalue weighted by Gasteiger charge is 2.38. The number of carbonyl (C=O) groups excluding carboxylic acids is 1. The first-order chi connectivity index (χ1) is 5.66. The first-order valence-corrected chi connectivity index (χ1v) is 3.83. The normalized spacial score (nSPS) is 21.4. The van der Waals surface area contributed by atoms with E-state index in [0.717, 1.165) is 0 Å². The molecule has 5 nitrogen and oxygen atoms in total. The van der Waals surface area contributed by atoms with Gasteiger partial charge in [-0.25, -0.2) is 9.59 Å². The fourth-order valence-electron chi connectivity index (χ4n) is 1.07. The fourth-order valence-corrected chi connectivity index (χ4v) is 1.07. The van der Waals surface area contributed by atoms with E-state index >= 15 is 0 Å². The molecule has 1 fully saturated rings. The molecule has 0 saturated carbocycles. The number of nitrogens with zero attached hydrogens (tertiary/aromatic N) is 1. The molecule has 0 aromatic rings. The van der Waals surface area contributed by atoms with Crippen molar-refractivity contribution >= 4 is 12.1 Å². The molecule has 0 aromatic carbocycles. The lowest BCUT2D eigenvalue weighted by Crippen LogP contribution is -2.55. The highest BCUT2D eigenvalue weighted by Crippen LogP contribution is 2.18. The van der Waals surface area contributed by atoms with Gasteiger partial charge >= 0.3 is 12.1 Å². The van der Waals surface area contributed by atoms with E-state index in [9.17, 15) is 9.59 Å². The second kappa shape index (κ2) is 3.42. The summed E-state index contributed by atoms with van der Waals surface area (Å²) in [6, 6.07) is -0.677. The van der Waals surface area contributed by atoms with Crippen LogP contribution in [0.15, 0.2) is 0 Å². The van der Waals surface area contributed by atoms with Crippen LogP contribution in [0.1, 0.15) is 13.3 Å². The fraction of sp³-hybridized carbons (Fsp3) is 0.714. The van der Waals surface area contributed by atoms with Gasteiger partial charge in [-0.05, 0) is 13.3 Å². The molecule has 1 heterocycles. The molecule has 1 aliphatic heterocycles. The van der Waals surface area contributed by atoms with Gasteiger partial charge in [0, 0.05) is 6.54 Å². The summed E-state index contributed by atoms with van der Waals surface area (Å²) in [7, 11) is 0. The topological polar surface area (TPSA) is 66.8 Å². The molecule has 1 atom stereocenters. The summed E-state index contributed by atoms with van der Waals surface area (Å²) in [6.45, 7) is 2.45. The van der Waals surface area contributed by atoms with Crippen molar-refractivity contribution in [1.82, 2.24) is 4.90 Å². The van der Waals surface area contributed by atoms with E-state index in [-0.39, 0.29) is 6.61 Å². The van der Waals surface area contributed by atoms with Gasteiger partial charge < -0.3 is 9.84 Å². The van der Waals surface area contributed by atoms with E-state index in [4.69, 9.17) is 5.11 Å². The summed E-state index contributed by atoms with van der Waals surface area (Å²) in [5.41, 5.74) is 0. The average Bonchev–Trinajstić information content (AvgIpc) is 1.82. The Hall–Kier alpha value is -1.26. The van der Waals surface area contributed by atoms with Gasteiger partial charge in [0.15, 0.2) is 0 Å². The average molecular weight is 173 g/mol. The summed E-state index contributed by atoms with van der Waals surface area (Å²) < 4.78 is 4.65. The molecule has 5 heteroatoms. The van der Waals surface area contributed by atoms with E-state index in [1.807, 2.05) is 0 Å². The number of hydrogen-bond donors (Lipinski definition) is 1. The lowest BCUT2D eigenvalue weighted by Gasteiger charge is -2.36. The van der Waals surface area contributed by atoms with Gasteiger partial charge in [0.05, 0.1) is 6.61 Å². The molecule has 0 unspecified atom stereocenters. The van der Waals surface area contributed by atoms with Gasteiger partial charge in [-0.2, -0.15) is 0 Å². The lowest BCUT2D eigenvalue weighted by atomic mass is 10.1. The van der Waals surface area contributed by atoms with Crippen LogP contribution in [0.5, 0.6) is 0 Å². The molecule has 68 valence electrons. The highest BCUT2D eigenvalue weighted by atomic mass is 16.6. The van der Waals surface area contributed by atoms with Crippen molar-refractivity contribution in [2.45, 2.75) is 19.4 Å². The number of carbonyl (C=O) groups is 2. The van der Waals surface area contributed by atoms with Crippen molar-refractivity contribution in [3.63, 3.8) is 0 Å². The van der Waals surface area contributed by atoms with Gasteiger partial charge in [0.25, 0.3) is 0 Å². The van der Waals surface area contributed by atoms with Crippen LogP contribution >= 0.6 is 0 Å². The number of ether oxygens (including phenoxy) is 1. The van der Waals surface area contributed by atoms with E-state index in [1.54, 1.807) is 6.92 Å². The van der Waals surface area contributed by atoms with Crippen molar-refractivity contribution in [1.29, 1.82) is 0 Å². The zero-order valence-electron chi connectivity index (χ0n) is 6.82. The number of likely N-dealkylation sites (tertiary alicyclic amines) is 1. The van der Waals surface area contributed by atoms with Crippen LogP contribution in [0.2, 0.25) is 0 Å². The van der Waals surface area contributed by atoms with Crippen molar-refractivity contribution < 1.29 is 19.4 Å². The number of aliphatic carboxylic acids is 1. The van der Waals surface area contributed by atoms with Crippen molar-refractivity contribution in [2.24, 2.45) is 0 Å². The van der Waals surface area contributed by atoms with Crippen LogP contribution in [0.4, 0.5) is 4.79 Å². The molecule has 0 radical (unpaired) electrons.